The molecule has 1 unspecified atom stereocenters. The lowest BCUT2D eigenvalue weighted by molar-refractivity contribution is 0.324. The standard InChI is InChI=1S/C11H18ClN3O/c1-4-9(6-12)15-10-8(3)11(16-5-2)14-7-13-10/h7,9H,4-6H2,1-3H3,(H,13,14,15). The Kier molecular flexibility index (Phi) is 5.32. The Labute approximate surface area is 101 Å². The van der Waals surface area contributed by atoms with E-state index in [4.69, 9.17) is 16.3 Å². The predicted octanol–water partition coefficient (Wildman–Crippen LogP) is 2.61. The topological polar surface area (TPSA) is 47.0 Å². The van der Waals surface area contributed by atoms with Gasteiger partial charge in [-0.15, -0.1) is 11.6 Å². The second kappa shape index (κ2) is 6.53. The fraction of sp³-hybridized carbons (Fsp3) is 0.636. The van der Waals surface area contributed by atoms with Crippen LogP contribution in [0, 0.1) is 6.92 Å². The first-order chi connectivity index (χ1) is 7.72. The van der Waals surface area contributed by atoms with Gasteiger partial charge >= 0.3 is 0 Å². The minimum absolute atomic E-state index is 0.227. The number of hydrogen-bond donors (Lipinski definition) is 1. The summed E-state index contributed by atoms with van der Waals surface area (Å²) in [5.74, 6) is 1.99. The summed E-state index contributed by atoms with van der Waals surface area (Å²) in [6.07, 6.45) is 2.46. The zero-order chi connectivity index (χ0) is 12.0. The van der Waals surface area contributed by atoms with Crippen molar-refractivity contribution in [1.29, 1.82) is 0 Å². The molecule has 0 spiro atoms. The summed E-state index contributed by atoms with van der Waals surface area (Å²) in [6.45, 7) is 6.56. The van der Waals surface area contributed by atoms with Crippen molar-refractivity contribution >= 4 is 17.4 Å². The second-order valence-electron chi connectivity index (χ2n) is 3.49. The Morgan fingerprint density at radius 3 is 2.75 bits per heavy atom. The van der Waals surface area contributed by atoms with Gasteiger partial charge in [-0.05, 0) is 20.3 Å². The molecule has 1 aromatic heterocycles. The highest BCUT2D eigenvalue weighted by molar-refractivity contribution is 6.18. The molecule has 0 aliphatic carbocycles. The van der Waals surface area contributed by atoms with E-state index in [1.54, 1.807) is 0 Å². The van der Waals surface area contributed by atoms with Crippen LogP contribution in [0.1, 0.15) is 25.8 Å². The molecule has 1 atom stereocenters. The predicted molar refractivity (Wildman–Crippen MR) is 66.4 cm³/mol. The van der Waals surface area contributed by atoms with E-state index in [0.717, 1.165) is 17.8 Å². The molecular weight excluding hydrogens is 226 g/mol. The smallest absolute Gasteiger partial charge is 0.221 e. The van der Waals surface area contributed by atoms with E-state index in [9.17, 15) is 0 Å². The van der Waals surface area contributed by atoms with Gasteiger partial charge in [0.05, 0.1) is 12.2 Å². The van der Waals surface area contributed by atoms with Gasteiger partial charge in [-0.1, -0.05) is 6.92 Å². The molecule has 1 heterocycles. The molecule has 1 N–H and O–H groups in total. The van der Waals surface area contributed by atoms with Crippen molar-refractivity contribution in [1.82, 2.24) is 9.97 Å². The second-order valence-corrected chi connectivity index (χ2v) is 3.80. The highest BCUT2D eigenvalue weighted by Gasteiger charge is 2.11. The van der Waals surface area contributed by atoms with Gasteiger partial charge < -0.3 is 10.1 Å². The summed E-state index contributed by atoms with van der Waals surface area (Å²) in [5, 5.41) is 3.28. The van der Waals surface area contributed by atoms with Crippen molar-refractivity contribution in [3.8, 4) is 5.88 Å². The summed E-state index contributed by atoms with van der Waals surface area (Å²) in [4.78, 5) is 8.28. The van der Waals surface area contributed by atoms with Crippen molar-refractivity contribution in [2.45, 2.75) is 33.2 Å². The Hall–Kier alpha value is -1.03. The number of halogens is 1. The summed E-state index contributed by atoms with van der Waals surface area (Å²) in [5.41, 5.74) is 0.924. The molecule has 16 heavy (non-hydrogen) atoms. The van der Waals surface area contributed by atoms with E-state index in [1.165, 1.54) is 6.33 Å². The van der Waals surface area contributed by atoms with Gasteiger partial charge in [0.2, 0.25) is 5.88 Å². The number of ether oxygens (including phenoxy) is 1. The van der Waals surface area contributed by atoms with Gasteiger partial charge in [0.15, 0.2) is 0 Å². The first kappa shape index (κ1) is 13.0. The maximum Gasteiger partial charge on any atom is 0.221 e. The van der Waals surface area contributed by atoms with Crippen LogP contribution in [-0.4, -0.2) is 28.5 Å². The third kappa shape index (κ3) is 3.23. The summed E-state index contributed by atoms with van der Waals surface area (Å²) >= 11 is 5.83. The number of anilines is 1. The lowest BCUT2D eigenvalue weighted by Gasteiger charge is -2.17. The molecule has 1 aromatic rings. The molecule has 0 saturated carbocycles. The molecule has 4 nitrogen and oxygen atoms in total. The third-order valence-corrected chi connectivity index (χ3v) is 2.71. The van der Waals surface area contributed by atoms with Crippen LogP contribution in [0.2, 0.25) is 0 Å². The van der Waals surface area contributed by atoms with E-state index < -0.39 is 0 Å². The quantitative estimate of drug-likeness (QED) is 0.781. The van der Waals surface area contributed by atoms with E-state index in [0.29, 0.717) is 18.4 Å². The number of nitrogens with zero attached hydrogens (tertiary/aromatic N) is 2. The van der Waals surface area contributed by atoms with Gasteiger partial charge in [0.1, 0.15) is 12.1 Å². The lowest BCUT2D eigenvalue weighted by Crippen LogP contribution is -2.21. The largest absolute Gasteiger partial charge is 0.478 e. The fourth-order valence-corrected chi connectivity index (χ4v) is 1.60. The Morgan fingerprint density at radius 2 is 2.19 bits per heavy atom. The maximum atomic E-state index is 5.83. The van der Waals surface area contributed by atoms with Crippen LogP contribution in [0.4, 0.5) is 5.82 Å². The van der Waals surface area contributed by atoms with Gasteiger partial charge in [0.25, 0.3) is 0 Å². The molecule has 0 bridgehead atoms. The number of nitrogens with one attached hydrogen (secondary N) is 1. The number of rotatable bonds is 6. The molecule has 90 valence electrons. The Morgan fingerprint density at radius 1 is 1.44 bits per heavy atom. The van der Waals surface area contributed by atoms with Crippen LogP contribution >= 0.6 is 11.6 Å². The molecule has 0 amide bonds. The summed E-state index contributed by atoms with van der Waals surface area (Å²) < 4.78 is 5.40. The lowest BCUT2D eigenvalue weighted by atomic mass is 10.2. The van der Waals surface area contributed by atoms with Crippen molar-refractivity contribution in [2.75, 3.05) is 17.8 Å². The molecular formula is C11H18ClN3O. The van der Waals surface area contributed by atoms with Crippen LogP contribution in [0.15, 0.2) is 6.33 Å². The van der Waals surface area contributed by atoms with Gasteiger partial charge in [-0.25, -0.2) is 9.97 Å². The number of aromatic nitrogens is 2. The molecule has 0 aliphatic rings. The van der Waals surface area contributed by atoms with Gasteiger partial charge in [-0.2, -0.15) is 0 Å². The molecule has 0 aromatic carbocycles. The molecule has 0 saturated heterocycles. The average molecular weight is 244 g/mol. The molecule has 5 heteroatoms. The van der Waals surface area contributed by atoms with Crippen molar-refractivity contribution in [2.24, 2.45) is 0 Å². The van der Waals surface area contributed by atoms with Crippen LogP contribution in [0.3, 0.4) is 0 Å². The minimum Gasteiger partial charge on any atom is -0.478 e. The zero-order valence-corrected chi connectivity index (χ0v) is 10.7. The van der Waals surface area contributed by atoms with Crippen molar-refractivity contribution in [3.05, 3.63) is 11.9 Å². The SMILES string of the molecule is CCOc1ncnc(NC(CC)CCl)c1C. The molecule has 0 aliphatic heterocycles. The van der Waals surface area contributed by atoms with E-state index in [2.05, 4.69) is 22.2 Å². The molecule has 0 radical (unpaired) electrons. The first-order valence-electron chi connectivity index (χ1n) is 5.49. The summed E-state index contributed by atoms with van der Waals surface area (Å²) in [7, 11) is 0. The molecule has 1 rings (SSSR count). The number of alkyl halides is 1. The average Bonchev–Trinajstić information content (AvgIpc) is 2.30. The highest BCUT2D eigenvalue weighted by Crippen LogP contribution is 2.21. The Bertz CT molecular complexity index is 329. The van der Waals surface area contributed by atoms with Gasteiger partial charge in [-0.3, -0.25) is 0 Å². The van der Waals surface area contributed by atoms with Crippen LogP contribution in [0.5, 0.6) is 5.88 Å². The van der Waals surface area contributed by atoms with E-state index in [1.807, 2.05) is 13.8 Å². The van der Waals surface area contributed by atoms with Crippen LogP contribution < -0.4 is 10.1 Å². The molecule has 0 fully saturated rings. The minimum atomic E-state index is 0.227. The summed E-state index contributed by atoms with van der Waals surface area (Å²) in [6, 6.07) is 0.227. The monoisotopic (exact) mass is 243 g/mol. The van der Waals surface area contributed by atoms with Gasteiger partial charge in [0, 0.05) is 11.9 Å². The fourth-order valence-electron chi connectivity index (χ4n) is 1.30. The third-order valence-electron chi connectivity index (χ3n) is 2.34. The zero-order valence-electron chi connectivity index (χ0n) is 9.96. The Balaban J connectivity index is 2.83. The van der Waals surface area contributed by atoms with Crippen molar-refractivity contribution in [3.63, 3.8) is 0 Å². The van der Waals surface area contributed by atoms with Crippen LogP contribution in [0.25, 0.3) is 0 Å². The van der Waals surface area contributed by atoms with E-state index >= 15 is 0 Å². The maximum absolute atomic E-state index is 5.83. The van der Waals surface area contributed by atoms with Crippen LogP contribution in [-0.2, 0) is 0 Å². The highest BCUT2D eigenvalue weighted by atomic mass is 35.5. The first-order valence-corrected chi connectivity index (χ1v) is 6.03. The number of hydrogen-bond acceptors (Lipinski definition) is 4. The normalized spacial score (nSPS) is 12.2. The van der Waals surface area contributed by atoms with Crippen molar-refractivity contribution < 1.29 is 4.74 Å². The van der Waals surface area contributed by atoms with E-state index in [-0.39, 0.29) is 6.04 Å².